The topological polar surface area (TPSA) is 100 Å². The van der Waals surface area contributed by atoms with Crippen LogP contribution in [-0.4, -0.2) is 25.0 Å². The van der Waals surface area contributed by atoms with Crippen molar-refractivity contribution in [3.05, 3.63) is 90.0 Å². The molecule has 0 saturated carbocycles. The Kier molecular flexibility index (Phi) is 8.21. The van der Waals surface area contributed by atoms with Crippen LogP contribution in [0.2, 0.25) is 0 Å². The van der Waals surface area contributed by atoms with Gasteiger partial charge in [-0.3, -0.25) is 20.4 Å². The predicted molar refractivity (Wildman–Crippen MR) is 125 cm³/mol. The molecule has 0 bridgehead atoms. The van der Waals surface area contributed by atoms with Crippen LogP contribution in [0.3, 0.4) is 0 Å². The van der Waals surface area contributed by atoms with Crippen LogP contribution < -0.4 is 20.3 Å². The third kappa shape index (κ3) is 7.26. The quantitative estimate of drug-likeness (QED) is 0.408. The molecule has 0 fully saturated rings. The second kappa shape index (κ2) is 11.7. The zero-order valence-electron chi connectivity index (χ0n) is 18.1. The van der Waals surface area contributed by atoms with Crippen molar-refractivity contribution in [2.45, 2.75) is 6.92 Å². The van der Waals surface area contributed by atoms with Gasteiger partial charge in [-0.05, 0) is 66.1 Å². The molecule has 0 atom stereocenters. The van der Waals surface area contributed by atoms with Gasteiger partial charge in [0.05, 0.1) is 18.2 Å². The van der Waals surface area contributed by atoms with E-state index in [-0.39, 0.29) is 6.61 Å². The van der Waals surface area contributed by atoms with Gasteiger partial charge in [-0.2, -0.15) is 5.26 Å². The number of nitrogens with one attached hydrogen (secondary N) is 2. The Balaban J connectivity index is 1.41. The lowest BCUT2D eigenvalue weighted by Gasteiger charge is -2.08. The number of nitriles is 1. The number of benzene rings is 3. The number of hydrogen-bond donors (Lipinski definition) is 2. The van der Waals surface area contributed by atoms with Gasteiger partial charge in [-0.15, -0.1) is 0 Å². The molecule has 0 aliphatic rings. The van der Waals surface area contributed by atoms with Crippen molar-refractivity contribution in [2.75, 3.05) is 13.2 Å². The van der Waals surface area contributed by atoms with Gasteiger partial charge in [0.1, 0.15) is 11.5 Å². The van der Waals surface area contributed by atoms with Crippen LogP contribution in [0.15, 0.2) is 78.9 Å². The van der Waals surface area contributed by atoms with Crippen LogP contribution in [0.1, 0.15) is 18.1 Å². The molecule has 0 heterocycles. The van der Waals surface area contributed by atoms with Gasteiger partial charge in [0.15, 0.2) is 6.61 Å². The summed E-state index contributed by atoms with van der Waals surface area (Å²) in [6.07, 6.45) is 2.95. The van der Waals surface area contributed by atoms with Crippen molar-refractivity contribution in [2.24, 2.45) is 0 Å². The number of carbonyl (C=O) groups excluding carboxylic acids is 2. The molecule has 7 heteroatoms. The highest BCUT2D eigenvalue weighted by molar-refractivity contribution is 5.93. The van der Waals surface area contributed by atoms with Crippen molar-refractivity contribution < 1.29 is 19.1 Å². The van der Waals surface area contributed by atoms with Crippen LogP contribution in [0, 0.1) is 11.3 Å². The fourth-order valence-electron chi connectivity index (χ4n) is 2.85. The number of amides is 2. The number of hydrazine groups is 1. The smallest absolute Gasteiger partial charge is 0.276 e. The first-order valence-electron chi connectivity index (χ1n) is 10.3. The first-order valence-corrected chi connectivity index (χ1v) is 10.3. The average molecular weight is 441 g/mol. The van der Waals surface area contributed by atoms with Crippen LogP contribution in [0.25, 0.3) is 17.2 Å². The fraction of sp³-hybridized carbons (Fsp3) is 0.115. The highest BCUT2D eigenvalue weighted by atomic mass is 16.5. The van der Waals surface area contributed by atoms with Crippen LogP contribution >= 0.6 is 0 Å². The number of carbonyl (C=O) groups is 2. The minimum absolute atomic E-state index is 0.251. The molecule has 0 aromatic heterocycles. The highest BCUT2D eigenvalue weighted by Crippen LogP contribution is 2.22. The SMILES string of the molecule is CCOc1ccc(/C=C/C(=O)NNC(=O)COc2ccc(-c3ccc(C#N)cc3)cc2)cc1. The molecule has 33 heavy (non-hydrogen) atoms. The van der Waals surface area contributed by atoms with Gasteiger partial charge in [0, 0.05) is 6.08 Å². The first-order chi connectivity index (χ1) is 16.1. The Morgan fingerprint density at radius 2 is 1.42 bits per heavy atom. The van der Waals surface area contributed by atoms with Gasteiger partial charge in [-0.1, -0.05) is 36.4 Å². The largest absolute Gasteiger partial charge is 0.494 e. The summed E-state index contributed by atoms with van der Waals surface area (Å²) >= 11 is 0. The zero-order valence-corrected chi connectivity index (χ0v) is 18.1. The molecule has 0 unspecified atom stereocenters. The van der Waals surface area contributed by atoms with Crippen molar-refractivity contribution >= 4 is 17.9 Å². The van der Waals surface area contributed by atoms with E-state index >= 15 is 0 Å². The van der Waals surface area contributed by atoms with Crippen molar-refractivity contribution in [1.82, 2.24) is 10.9 Å². The van der Waals surface area contributed by atoms with E-state index in [1.807, 2.05) is 55.5 Å². The molecule has 3 rings (SSSR count). The summed E-state index contributed by atoms with van der Waals surface area (Å²) in [6, 6.07) is 23.9. The molecule has 7 nitrogen and oxygen atoms in total. The summed E-state index contributed by atoms with van der Waals surface area (Å²) < 4.78 is 10.8. The van der Waals surface area contributed by atoms with E-state index in [9.17, 15) is 9.59 Å². The van der Waals surface area contributed by atoms with Gasteiger partial charge < -0.3 is 9.47 Å². The van der Waals surface area contributed by atoms with Gasteiger partial charge >= 0.3 is 0 Å². The maximum absolute atomic E-state index is 11.9. The Labute approximate surface area is 192 Å². The minimum atomic E-state index is -0.492. The molecule has 3 aromatic carbocycles. The van der Waals surface area contributed by atoms with E-state index in [0.717, 1.165) is 22.4 Å². The lowest BCUT2D eigenvalue weighted by molar-refractivity contribution is -0.128. The van der Waals surface area contributed by atoms with Gasteiger partial charge in [0.2, 0.25) is 0 Å². The number of hydrogen-bond acceptors (Lipinski definition) is 5. The molecule has 0 aliphatic carbocycles. The third-order valence-corrected chi connectivity index (χ3v) is 4.51. The standard InChI is InChI=1S/C26H23N3O4/c1-2-32-23-12-5-19(6-13-23)7-16-25(30)28-29-26(31)18-33-24-14-10-22(11-15-24)21-8-3-20(17-27)4-9-21/h3-16H,2,18H2,1H3,(H,28,30)(H,29,31)/b16-7+. The predicted octanol–water partition coefficient (Wildman–Crippen LogP) is 3.86. The first kappa shape index (κ1) is 23.1. The number of nitrogens with zero attached hydrogens (tertiary/aromatic N) is 1. The molecule has 3 aromatic rings. The molecule has 0 aliphatic heterocycles. The molecular weight excluding hydrogens is 418 g/mol. The number of rotatable bonds is 8. The molecule has 166 valence electrons. The van der Waals surface area contributed by atoms with E-state index in [0.29, 0.717) is 17.9 Å². The van der Waals surface area contributed by atoms with Crippen LogP contribution in [0.5, 0.6) is 11.5 Å². The summed E-state index contributed by atoms with van der Waals surface area (Å²) in [4.78, 5) is 23.8. The second-order valence-corrected chi connectivity index (χ2v) is 6.88. The maximum Gasteiger partial charge on any atom is 0.276 e. The second-order valence-electron chi connectivity index (χ2n) is 6.88. The molecule has 2 amide bonds. The summed E-state index contributed by atoms with van der Waals surface area (Å²) in [5.41, 5.74) is 7.97. The Morgan fingerprint density at radius 3 is 2.03 bits per heavy atom. The maximum atomic E-state index is 11.9. The normalized spacial score (nSPS) is 10.3. The lowest BCUT2D eigenvalue weighted by atomic mass is 10.0. The summed E-state index contributed by atoms with van der Waals surface area (Å²) in [6.45, 7) is 2.25. The minimum Gasteiger partial charge on any atom is -0.494 e. The molecular formula is C26H23N3O4. The molecule has 2 N–H and O–H groups in total. The Hall–Kier alpha value is -4.57. The summed E-state index contributed by atoms with van der Waals surface area (Å²) in [7, 11) is 0. The molecule has 0 radical (unpaired) electrons. The van der Waals surface area contributed by atoms with E-state index < -0.39 is 11.8 Å². The van der Waals surface area contributed by atoms with Crippen molar-refractivity contribution in [1.29, 1.82) is 5.26 Å². The Bertz CT molecular complexity index is 1150. The van der Waals surface area contributed by atoms with E-state index in [1.54, 1.807) is 30.3 Å². The zero-order chi connectivity index (χ0) is 23.5. The summed E-state index contributed by atoms with van der Waals surface area (Å²) in [5.74, 6) is 0.317. The third-order valence-electron chi connectivity index (χ3n) is 4.51. The van der Waals surface area contributed by atoms with E-state index in [4.69, 9.17) is 14.7 Å². The van der Waals surface area contributed by atoms with Crippen LogP contribution in [0.4, 0.5) is 0 Å². The van der Waals surface area contributed by atoms with Gasteiger partial charge in [0.25, 0.3) is 11.8 Å². The van der Waals surface area contributed by atoms with Crippen molar-refractivity contribution in [3.8, 4) is 28.7 Å². The fourth-order valence-corrected chi connectivity index (χ4v) is 2.85. The molecule has 0 spiro atoms. The molecule has 0 saturated heterocycles. The van der Waals surface area contributed by atoms with E-state index in [1.165, 1.54) is 6.08 Å². The summed E-state index contributed by atoms with van der Waals surface area (Å²) in [5, 5.41) is 8.88. The van der Waals surface area contributed by atoms with Crippen LogP contribution in [-0.2, 0) is 9.59 Å². The number of ether oxygens (including phenoxy) is 2. The lowest BCUT2D eigenvalue weighted by Crippen LogP contribution is -2.43. The average Bonchev–Trinajstić information content (AvgIpc) is 2.86. The highest BCUT2D eigenvalue weighted by Gasteiger charge is 2.05. The Morgan fingerprint density at radius 1 is 0.848 bits per heavy atom. The monoisotopic (exact) mass is 441 g/mol. The van der Waals surface area contributed by atoms with Gasteiger partial charge in [-0.25, -0.2) is 0 Å². The van der Waals surface area contributed by atoms with Crippen molar-refractivity contribution in [3.63, 3.8) is 0 Å². The van der Waals surface area contributed by atoms with E-state index in [2.05, 4.69) is 16.9 Å².